The van der Waals surface area contributed by atoms with E-state index in [1.807, 2.05) is 29.0 Å². The zero-order valence-corrected chi connectivity index (χ0v) is 14.2. The number of aromatic nitrogens is 2. The van der Waals surface area contributed by atoms with E-state index >= 15 is 0 Å². The Morgan fingerprint density at radius 3 is 2.52 bits per heavy atom. The van der Waals surface area contributed by atoms with E-state index in [-0.39, 0.29) is 4.90 Å². The van der Waals surface area contributed by atoms with Crippen molar-refractivity contribution >= 4 is 15.9 Å². The van der Waals surface area contributed by atoms with Gasteiger partial charge >= 0.3 is 0 Å². The van der Waals surface area contributed by atoms with Gasteiger partial charge in [0.2, 0.25) is 18.2 Å². The molecule has 1 N–H and O–H groups in total. The summed E-state index contributed by atoms with van der Waals surface area (Å²) in [6.07, 6.45) is 1.80. The lowest BCUT2D eigenvalue weighted by atomic mass is 10.0. The van der Waals surface area contributed by atoms with Crippen LogP contribution in [0.15, 0.2) is 64.2 Å². The van der Waals surface area contributed by atoms with Crippen LogP contribution in [0.3, 0.4) is 0 Å². The third-order valence-corrected chi connectivity index (χ3v) is 4.91. The molecule has 1 aromatic heterocycles. The van der Waals surface area contributed by atoms with Crippen molar-refractivity contribution in [2.45, 2.75) is 18.2 Å². The fourth-order valence-corrected chi connectivity index (χ4v) is 3.37. The zero-order chi connectivity index (χ0) is 17.9. The third kappa shape index (κ3) is 4.10. The van der Waals surface area contributed by atoms with Gasteiger partial charge in [0.1, 0.15) is 0 Å². The first-order valence-corrected chi connectivity index (χ1v) is 8.90. The van der Waals surface area contributed by atoms with Gasteiger partial charge in [-0.1, -0.05) is 36.4 Å². The summed E-state index contributed by atoms with van der Waals surface area (Å²) < 4.78 is 31.0. The van der Waals surface area contributed by atoms with Crippen LogP contribution >= 0.6 is 0 Å². The lowest BCUT2D eigenvalue weighted by molar-refractivity contribution is -0.117. The Labute approximate surface area is 144 Å². The van der Waals surface area contributed by atoms with Crippen LogP contribution in [-0.4, -0.2) is 24.5 Å². The number of carbonyl (C=O) groups is 1. The summed E-state index contributed by atoms with van der Waals surface area (Å²) in [6, 6.07) is 14.1. The molecule has 0 aliphatic carbocycles. The van der Waals surface area contributed by atoms with Crippen molar-refractivity contribution in [3.63, 3.8) is 0 Å². The molecule has 2 aromatic carbocycles. The van der Waals surface area contributed by atoms with E-state index < -0.39 is 15.9 Å². The second kappa shape index (κ2) is 6.86. The predicted molar refractivity (Wildman–Crippen MR) is 90.0 cm³/mol. The summed E-state index contributed by atoms with van der Waals surface area (Å²) in [5.74, 6) is -0.105. The van der Waals surface area contributed by atoms with Crippen LogP contribution in [0, 0.1) is 0 Å². The number of sulfonamides is 1. The Hall–Kier alpha value is -3.00. The van der Waals surface area contributed by atoms with E-state index in [1.165, 1.54) is 18.5 Å². The molecule has 128 valence electrons. The lowest BCUT2D eigenvalue weighted by Crippen LogP contribution is -2.28. The van der Waals surface area contributed by atoms with E-state index in [4.69, 9.17) is 4.42 Å². The van der Waals surface area contributed by atoms with Crippen LogP contribution < -0.4 is 4.72 Å². The number of carbonyl (C=O) groups excluding carboxylic acids is 1. The largest absolute Gasteiger partial charge is 0.428 e. The Morgan fingerprint density at radius 2 is 1.88 bits per heavy atom. The number of hydrogen-bond donors (Lipinski definition) is 1. The fraction of sp³-hybridized carbons (Fsp3) is 0.118. The van der Waals surface area contributed by atoms with Crippen LogP contribution in [0.5, 0.6) is 0 Å². The molecule has 25 heavy (non-hydrogen) atoms. The monoisotopic (exact) mass is 357 g/mol. The van der Waals surface area contributed by atoms with Gasteiger partial charge < -0.3 is 4.42 Å². The van der Waals surface area contributed by atoms with Crippen LogP contribution in [0.1, 0.15) is 18.4 Å². The Balaban J connectivity index is 1.84. The van der Waals surface area contributed by atoms with E-state index in [0.29, 0.717) is 12.3 Å². The van der Waals surface area contributed by atoms with Gasteiger partial charge in [0, 0.05) is 6.92 Å². The van der Waals surface area contributed by atoms with Crippen molar-refractivity contribution < 1.29 is 17.6 Å². The molecule has 0 aliphatic heterocycles. The molecule has 1 amide bonds. The Bertz CT molecular complexity index is 981. The van der Waals surface area contributed by atoms with Gasteiger partial charge in [-0.2, -0.15) is 0 Å². The molecule has 3 rings (SSSR count). The van der Waals surface area contributed by atoms with Crippen molar-refractivity contribution in [2.24, 2.45) is 0 Å². The summed E-state index contributed by atoms with van der Waals surface area (Å²) in [7, 11) is -3.83. The van der Waals surface area contributed by atoms with Gasteiger partial charge in [-0.15, -0.1) is 10.2 Å². The molecule has 7 nitrogen and oxygen atoms in total. The van der Waals surface area contributed by atoms with Gasteiger partial charge in [-0.25, -0.2) is 13.1 Å². The molecular formula is C17H15N3O4S. The molecule has 0 atom stereocenters. The van der Waals surface area contributed by atoms with E-state index in [2.05, 4.69) is 10.2 Å². The number of hydrogen-bond acceptors (Lipinski definition) is 6. The summed E-state index contributed by atoms with van der Waals surface area (Å²) >= 11 is 0. The van der Waals surface area contributed by atoms with Crippen molar-refractivity contribution in [1.82, 2.24) is 14.9 Å². The predicted octanol–water partition coefficient (Wildman–Crippen LogP) is 2.15. The smallest absolute Gasteiger partial charge is 0.264 e. The van der Waals surface area contributed by atoms with Crippen LogP contribution in [0.4, 0.5) is 0 Å². The quantitative estimate of drug-likeness (QED) is 0.751. The summed E-state index contributed by atoms with van der Waals surface area (Å²) in [4.78, 5) is 11.0. The second-order valence-corrected chi connectivity index (χ2v) is 7.08. The van der Waals surface area contributed by atoms with Crippen molar-refractivity contribution in [2.75, 3.05) is 0 Å². The van der Waals surface area contributed by atoms with Gasteiger partial charge in [0.25, 0.3) is 10.0 Å². The van der Waals surface area contributed by atoms with E-state index in [1.54, 1.807) is 12.1 Å². The SMILES string of the molecule is CC(=O)NS(=O)(=O)c1ccc(-c2cccc(Cc3nnco3)c2)cc1. The first kappa shape index (κ1) is 16.8. The summed E-state index contributed by atoms with van der Waals surface area (Å²) in [6.45, 7) is 1.15. The van der Waals surface area contributed by atoms with Gasteiger partial charge in [0.15, 0.2) is 0 Å². The lowest BCUT2D eigenvalue weighted by Gasteiger charge is -2.07. The minimum Gasteiger partial charge on any atom is -0.428 e. The number of rotatable bonds is 5. The van der Waals surface area contributed by atoms with E-state index in [9.17, 15) is 13.2 Å². The second-order valence-electron chi connectivity index (χ2n) is 5.40. The molecule has 0 saturated carbocycles. The van der Waals surface area contributed by atoms with Gasteiger partial charge in [-0.05, 0) is 28.8 Å². The first-order chi connectivity index (χ1) is 11.9. The minimum atomic E-state index is -3.83. The zero-order valence-electron chi connectivity index (χ0n) is 13.3. The fourth-order valence-electron chi connectivity index (χ4n) is 2.38. The highest BCUT2D eigenvalue weighted by Gasteiger charge is 2.15. The number of amides is 1. The molecule has 0 aliphatic rings. The maximum absolute atomic E-state index is 12.0. The normalized spacial score (nSPS) is 11.2. The number of benzene rings is 2. The molecule has 8 heteroatoms. The minimum absolute atomic E-state index is 0.0356. The molecule has 0 bridgehead atoms. The standard InChI is InChI=1S/C17H15N3O4S/c1-12(21)20-25(22,23)16-7-5-14(6-8-16)15-4-2-3-13(9-15)10-17-19-18-11-24-17/h2-9,11H,10H2,1H3,(H,20,21). The average Bonchev–Trinajstić information content (AvgIpc) is 3.07. The topological polar surface area (TPSA) is 102 Å². The molecule has 0 fully saturated rings. The van der Waals surface area contributed by atoms with Crippen molar-refractivity contribution in [3.05, 3.63) is 66.4 Å². The Kier molecular flexibility index (Phi) is 4.62. The van der Waals surface area contributed by atoms with E-state index in [0.717, 1.165) is 23.6 Å². The molecule has 0 unspecified atom stereocenters. The van der Waals surface area contributed by atoms with Gasteiger partial charge in [-0.3, -0.25) is 4.79 Å². The number of nitrogens with one attached hydrogen (secondary N) is 1. The first-order valence-electron chi connectivity index (χ1n) is 7.42. The number of nitrogens with zero attached hydrogens (tertiary/aromatic N) is 2. The highest BCUT2D eigenvalue weighted by atomic mass is 32.2. The molecule has 0 spiro atoms. The van der Waals surface area contributed by atoms with Crippen molar-refractivity contribution in [1.29, 1.82) is 0 Å². The van der Waals surface area contributed by atoms with Crippen LogP contribution in [0.25, 0.3) is 11.1 Å². The summed E-state index contributed by atoms with van der Waals surface area (Å²) in [5.41, 5.74) is 2.78. The molecular weight excluding hydrogens is 342 g/mol. The third-order valence-electron chi connectivity index (χ3n) is 3.46. The van der Waals surface area contributed by atoms with Gasteiger partial charge in [0.05, 0.1) is 11.3 Å². The highest BCUT2D eigenvalue weighted by Crippen LogP contribution is 2.23. The highest BCUT2D eigenvalue weighted by molar-refractivity contribution is 7.90. The van der Waals surface area contributed by atoms with Crippen molar-refractivity contribution in [3.8, 4) is 11.1 Å². The summed E-state index contributed by atoms with van der Waals surface area (Å²) in [5, 5.41) is 7.51. The molecule has 1 heterocycles. The maximum Gasteiger partial charge on any atom is 0.264 e. The molecule has 0 saturated heterocycles. The maximum atomic E-state index is 12.0. The van der Waals surface area contributed by atoms with Crippen LogP contribution in [0.2, 0.25) is 0 Å². The molecule has 0 radical (unpaired) electrons. The Morgan fingerprint density at radius 1 is 1.12 bits per heavy atom. The molecule has 3 aromatic rings. The average molecular weight is 357 g/mol. The van der Waals surface area contributed by atoms with Crippen LogP contribution in [-0.2, 0) is 21.2 Å².